The van der Waals surface area contributed by atoms with E-state index in [4.69, 9.17) is 17.0 Å². The second kappa shape index (κ2) is 8.13. The van der Waals surface area contributed by atoms with E-state index in [1.54, 1.807) is 12.0 Å². The monoisotopic (exact) mass is 342 g/mol. The highest BCUT2D eigenvalue weighted by molar-refractivity contribution is 7.80. The molecule has 0 saturated carbocycles. The van der Waals surface area contributed by atoms with E-state index in [9.17, 15) is 0 Å². The van der Waals surface area contributed by atoms with Crippen LogP contribution in [0.3, 0.4) is 0 Å². The van der Waals surface area contributed by atoms with Crippen molar-refractivity contribution in [1.29, 1.82) is 0 Å². The first-order chi connectivity index (χ1) is 11.7. The van der Waals surface area contributed by atoms with Gasteiger partial charge in [-0.25, -0.2) is 0 Å². The number of rotatable bonds is 4. The highest BCUT2D eigenvalue weighted by Crippen LogP contribution is 2.17. The van der Waals surface area contributed by atoms with Crippen LogP contribution in [0.2, 0.25) is 0 Å². The van der Waals surface area contributed by atoms with Gasteiger partial charge in [-0.1, -0.05) is 36.4 Å². The van der Waals surface area contributed by atoms with Crippen molar-refractivity contribution < 1.29 is 9.64 Å². The molecule has 2 aromatic carbocycles. The van der Waals surface area contributed by atoms with Gasteiger partial charge in [-0.15, -0.1) is 0 Å². The first-order valence-electron chi connectivity index (χ1n) is 8.32. The van der Waals surface area contributed by atoms with E-state index < -0.39 is 0 Å². The molecule has 1 saturated heterocycles. The van der Waals surface area contributed by atoms with Gasteiger partial charge in [-0.2, -0.15) is 0 Å². The molecule has 5 heteroatoms. The quantitative estimate of drug-likeness (QED) is 0.829. The summed E-state index contributed by atoms with van der Waals surface area (Å²) in [6.07, 6.45) is 0. The maximum Gasteiger partial charge on any atom is 0.173 e. The normalized spacial score (nSPS) is 15.1. The van der Waals surface area contributed by atoms with Gasteiger partial charge >= 0.3 is 0 Å². The molecule has 0 spiro atoms. The number of hydrogen-bond donors (Lipinski definition) is 2. The minimum absolute atomic E-state index is 0.794. The predicted octanol–water partition coefficient (Wildman–Crippen LogP) is 1.79. The molecule has 1 fully saturated rings. The number of methoxy groups -OCH3 is 1. The zero-order valence-electron chi connectivity index (χ0n) is 14.0. The molecule has 2 aromatic rings. The van der Waals surface area contributed by atoms with Crippen LogP contribution in [0.4, 0.5) is 5.69 Å². The molecule has 1 aliphatic heterocycles. The van der Waals surface area contributed by atoms with Gasteiger partial charge in [0.05, 0.1) is 33.3 Å². The van der Waals surface area contributed by atoms with Crippen molar-refractivity contribution in [2.45, 2.75) is 6.54 Å². The Labute approximate surface area is 149 Å². The lowest BCUT2D eigenvalue weighted by molar-refractivity contribution is -0.917. The van der Waals surface area contributed by atoms with E-state index >= 15 is 0 Å². The second-order valence-electron chi connectivity index (χ2n) is 6.06. The van der Waals surface area contributed by atoms with E-state index in [-0.39, 0.29) is 0 Å². The van der Waals surface area contributed by atoms with Crippen molar-refractivity contribution in [3.63, 3.8) is 0 Å². The summed E-state index contributed by atoms with van der Waals surface area (Å²) < 4.78 is 5.25. The summed E-state index contributed by atoms with van der Waals surface area (Å²) in [4.78, 5) is 3.87. The highest BCUT2D eigenvalue weighted by atomic mass is 32.1. The third kappa shape index (κ3) is 4.46. The lowest BCUT2D eigenvalue weighted by Crippen LogP contribution is -3.13. The van der Waals surface area contributed by atoms with Gasteiger partial charge in [0.2, 0.25) is 0 Å². The van der Waals surface area contributed by atoms with Crippen LogP contribution < -0.4 is 15.0 Å². The minimum Gasteiger partial charge on any atom is -0.497 e. The maximum atomic E-state index is 5.57. The lowest BCUT2D eigenvalue weighted by atomic mass is 10.2. The fourth-order valence-corrected chi connectivity index (χ4v) is 3.29. The minimum atomic E-state index is 0.794. The zero-order chi connectivity index (χ0) is 16.8. The Hall–Kier alpha value is -2.11. The van der Waals surface area contributed by atoms with E-state index in [2.05, 4.69) is 40.5 Å². The number of quaternary nitrogens is 1. The van der Waals surface area contributed by atoms with Crippen LogP contribution >= 0.6 is 12.2 Å². The molecule has 0 unspecified atom stereocenters. The summed E-state index contributed by atoms with van der Waals surface area (Å²) in [7, 11) is 1.67. The molecule has 1 aliphatic rings. The largest absolute Gasteiger partial charge is 0.497 e. The SMILES string of the molecule is COc1cccc(NC(=S)N2CC[NH+](Cc3ccccc3)CC2)c1. The second-order valence-corrected chi connectivity index (χ2v) is 6.45. The average molecular weight is 342 g/mol. The topological polar surface area (TPSA) is 28.9 Å². The van der Waals surface area contributed by atoms with Crippen LogP contribution in [0.1, 0.15) is 5.56 Å². The molecule has 4 nitrogen and oxygen atoms in total. The first kappa shape index (κ1) is 16.7. The standard InChI is InChI=1S/C19H23N3OS/c1-23-18-9-5-8-17(14-18)20-19(24)22-12-10-21(11-13-22)15-16-6-3-2-4-7-16/h2-9,14H,10-13,15H2,1H3,(H,20,24)/p+1. The molecule has 0 aromatic heterocycles. The average Bonchev–Trinajstić information content (AvgIpc) is 2.63. The fourth-order valence-electron chi connectivity index (χ4n) is 2.99. The molecule has 0 bridgehead atoms. The van der Waals surface area contributed by atoms with Crippen LogP contribution in [0.5, 0.6) is 5.75 Å². The van der Waals surface area contributed by atoms with Crippen LogP contribution in [-0.2, 0) is 6.54 Å². The number of thiocarbonyl (C=S) groups is 1. The zero-order valence-corrected chi connectivity index (χ0v) is 14.8. The Morgan fingerprint density at radius 1 is 1.12 bits per heavy atom. The molecule has 0 radical (unpaired) electrons. The van der Waals surface area contributed by atoms with Crippen molar-refractivity contribution in [2.75, 3.05) is 38.6 Å². The Morgan fingerprint density at radius 2 is 1.88 bits per heavy atom. The number of benzene rings is 2. The lowest BCUT2D eigenvalue weighted by Gasteiger charge is -2.34. The van der Waals surface area contributed by atoms with Gasteiger partial charge in [-0.3, -0.25) is 0 Å². The summed E-state index contributed by atoms with van der Waals surface area (Å²) in [6.45, 7) is 5.27. The maximum absolute atomic E-state index is 5.57. The van der Waals surface area contributed by atoms with E-state index in [1.165, 1.54) is 5.56 Å². The number of hydrogen-bond acceptors (Lipinski definition) is 2. The number of nitrogens with one attached hydrogen (secondary N) is 2. The fraction of sp³-hybridized carbons (Fsp3) is 0.316. The van der Waals surface area contributed by atoms with Crippen molar-refractivity contribution in [1.82, 2.24) is 4.90 Å². The Bertz CT molecular complexity index is 669. The summed E-state index contributed by atoms with van der Waals surface area (Å²) in [5.41, 5.74) is 2.37. The molecule has 0 amide bonds. The molecular formula is C19H24N3OS+. The van der Waals surface area contributed by atoms with Crippen LogP contribution in [0.25, 0.3) is 0 Å². The summed E-state index contributed by atoms with van der Waals surface area (Å²) in [6, 6.07) is 18.6. The Morgan fingerprint density at radius 3 is 2.58 bits per heavy atom. The number of ether oxygens (including phenoxy) is 1. The molecule has 0 aliphatic carbocycles. The van der Waals surface area contributed by atoms with E-state index in [0.717, 1.165) is 49.3 Å². The first-order valence-corrected chi connectivity index (χ1v) is 8.73. The highest BCUT2D eigenvalue weighted by Gasteiger charge is 2.21. The van der Waals surface area contributed by atoms with Crippen molar-refractivity contribution in [3.05, 3.63) is 60.2 Å². The third-order valence-electron chi connectivity index (χ3n) is 4.38. The van der Waals surface area contributed by atoms with Gasteiger partial charge in [-0.05, 0) is 24.4 Å². The number of nitrogens with zero attached hydrogens (tertiary/aromatic N) is 1. The molecule has 24 heavy (non-hydrogen) atoms. The van der Waals surface area contributed by atoms with Crippen molar-refractivity contribution >= 4 is 23.0 Å². The molecule has 0 atom stereocenters. The van der Waals surface area contributed by atoms with Crippen LogP contribution in [-0.4, -0.2) is 43.3 Å². The molecule has 3 rings (SSSR count). The van der Waals surface area contributed by atoms with Gasteiger partial charge < -0.3 is 19.9 Å². The Kier molecular flexibility index (Phi) is 5.67. The van der Waals surface area contributed by atoms with Gasteiger partial charge in [0.25, 0.3) is 0 Å². The smallest absolute Gasteiger partial charge is 0.173 e. The number of piperazine rings is 1. The Balaban J connectivity index is 1.49. The molecular weight excluding hydrogens is 318 g/mol. The van der Waals surface area contributed by atoms with Gasteiger partial charge in [0.15, 0.2) is 5.11 Å². The van der Waals surface area contributed by atoms with Gasteiger partial charge in [0.1, 0.15) is 12.3 Å². The van der Waals surface area contributed by atoms with E-state index in [1.807, 2.05) is 24.3 Å². The summed E-state index contributed by atoms with van der Waals surface area (Å²) in [5.74, 6) is 0.833. The third-order valence-corrected chi connectivity index (χ3v) is 4.74. The molecule has 1 heterocycles. The predicted molar refractivity (Wildman–Crippen MR) is 102 cm³/mol. The van der Waals surface area contributed by atoms with Crippen LogP contribution in [0.15, 0.2) is 54.6 Å². The number of anilines is 1. The summed E-state index contributed by atoms with van der Waals surface area (Å²) >= 11 is 5.57. The van der Waals surface area contributed by atoms with E-state index in [0.29, 0.717) is 0 Å². The van der Waals surface area contributed by atoms with Crippen LogP contribution in [0, 0.1) is 0 Å². The van der Waals surface area contributed by atoms with Crippen molar-refractivity contribution in [2.24, 2.45) is 0 Å². The summed E-state index contributed by atoms with van der Waals surface area (Å²) in [5, 5.41) is 4.11. The molecule has 2 N–H and O–H groups in total. The van der Waals surface area contributed by atoms with Crippen molar-refractivity contribution in [3.8, 4) is 5.75 Å². The van der Waals surface area contributed by atoms with Gasteiger partial charge in [0, 0.05) is 17.3 Å². The molecule has 126 valence electrons.